The van der Waals surface area contributed by atoms with E-state index in [1.54, 1.807) is 30.3 Å². The molecule has 0 fully saturated rings. The molecule has 0 radical (unpaired) electrons. The first-order valence-electron chi connectivity index (χ1n) is 10.9. The van der Waals surface area contributed by atoms with Crippen molar-refractivity contribution in [2.24, 2.45) is 5.73 Å². The minimum atomic E-state index is -0.738. The van der Waals surface area contributed by atoms with E-state index in [4.69, 9.17) is 10.5 Å². The maximum atomic E-state index is 13.7. The monoisotopic (exact) mass is 464 g/mol. The van der Waals surface area contributed by atoms with Crippen molar-refractivity contribution in [3.8, 4) is 11.5 Å². The van der Waals surface area contributed by atoms with Crippen LogP contribution in [-0.4, -0.2) is 37.5 Å². The summed E-state index contributed by atoms with van der Waals surface area (Å²) < 4.78 is 19.5. The molecule has 2 atom stereocenters. The Balaban J connectivity index is 1.69. The SMILES string of the molecule is CN(C)C(CNC(=O)CC(NC(N)=O)c1cccc(Oc2ccccc2)c1)c1cccc(F)c1. The molecule has 3 aromatic carbocycles. The fraction of sp³-hybridized carbons (Fsp3) is 0.231. The largest absolute Gasteiger partial charge is 0.457 e. The topological polar surface area (TPSA) is 96.7 Å². The predicted octanol–water partition coefficient (Wildman–Crippen LogP) is 4.14. The van der Waals surface area contributed by atoms with Crippen LogP contribution in [0.15, 0.2) is 78.9 Å². The first-order chi connectivity index (χ1) is 16.3. The summed E-state index contributed by atoms with van der Waals surface area (Å²) in [5, 5.41) is 5.51. The van der Waals surface area contributed by atoms with E-state index in [0.717, 1.165) is 5.56 Å². The van der Waals surface area contributed by atoms with Gasteiger partial charge in [-0.3, -0.25) is 4.79 Å². The number of carbonyl (C=O) groups is 2. The van der Waals surface area contributed by atoms with E-state index in [0.29, 0.717) is 17.1 Å². The number of rotatable bonds is 10. The van der Waals surface area contributed by atoms with Crippen LogP contribution in [0.4, 0.5) is 9.18 Å². The fourth-order valence-electron chi connectivity index (χ4n) is 3.62. The molecule has 0 saturated carbocycles. The maximum absolute atomic E-state index is 13.7. The number of para-hydroxylation sites is 1. The summed E-state index contributed by atoms with van der Waals surface area (Å²) in [6.07, 6.45) is -0.0268. The van der Waals surface area contributed by atoms with E-state index in [9.17, 15) is 14.0 Å². The van der Waals surface area contributed by atoms with Crippen molar-refractivity contribution in [1.29, 1.82) is 0 Å². The average molecular weight is 465 g/mol. The second-order valence-corrected chi connectivity index (χ2v) is 8.09. The van der Waals surface area contributed by atoms with Crippen molar-refractivity contribution >= 4 is 11.9 Å². The molecule has 3 aromatic rings. The van der Waals surface area contributed by atoms with Gasteiger partial charge in [-0.25, -0.2) is 9.18 Å². The van der Waals surface area contributed by atoms with E-state index in [2.05, 4.69) is 10.6 Å². The lowest BCUT2D eigenvalue weighted by molar-refractivity contribution is -0.121. The molecular weight excluding hydrogens is 435 g/mol. The molecule has 0 heterocycles. The summed E-state index contributed by atoms with van der Waals surface area (Å²) in [6, 6.07) is 21.1. The molecular formula is C26H29FN4O3. The Morgan fingerprint density at radius 1 is 0.941 bits per heavy atom. The zero-order chi connectivity index (χ0) is 24.5. The van der Waals surface area contributed by atoms with Gasteiger partial charge in [-0.05, 0) is 61.6 Å². The molecule has 0 spiro atoms. The zero-order valence-electron chi connectivity index (χ0n) is 19.2. The van der Waals surface area contributed by atoms with Gasteiger partial charge in [0.25, 0.3) is 0 Å². The molecule has 0 saturated heterocycles. The normalized spacial score (nSPS) is 12.6. The number of nitrogens with two attached hydrogens (primary N) is 1. The van der Waals surface area contributed by atoms with Crippen LogP contribution in [0.25, 0.3) is 0 Å². The lowest BCUT2D eigenvalue weighted by Gasteiger charge is -2.26. The van der Waals surface area contributed by atoms with Gasteiger partial charge < -0.3 is 26.0 Å². The second-order valence-electron chi connectivity index (χ2n) is 8.09. The molecule has 3 rings (SSSR count). The Morgan fingerprint density at radius 3 is 2.29 bits per heavy atom. The van der Waals surface area contributed by atoms with E-state index in [1.165, 1.54) is 12.1 Å². The van der Waals surface area contributed by atoms with E-state index < -0.39 is 12.1 Å². The van der Waals surface area contributed by atoms with Crippen molar-refractivity contribution in [2.45, 2.75) is 18.5 Å². The number of primary amides is 1. The summed E-state index contributed by atoms with van der Waals surface area (Å²) in [4.78, 5) is 26.3. The van der Waals surface area contributed by atoms with Gasteiger partial charge in [-0.15, -0.1) is 0 Å². The van der Waals surface area contributed by atoms with Crippen LogP contribution in [0.3, 0.4) is 0 Å². The van der Waals surface area contributed by atoms with Crippen molar-refractivity contribution in [2.75, 3.05) is 20.6 Å². The van der Waals surface area contributed by atoms with Crippen LogP contribution < -0.4 is 21.1 Å². The highest BCUT2D eigenvalue weighted by Gasteiger charge is 2.20. The van der Waals surface area contributed by atoms with Crippen molar-refractivity contribution < 1.29 is 18.7 Å². The Morgan fingerprint density at radius 2 is 1.62 bits per heavy atom. The molecule has 2 unspecified atom stereocenters. The number of benzene rings is 3. The van der Waals surface area contributed by atoms with Crippen molar-refractivity contribution in [3.05, 3.63) is 95.8 Å². The average Bonchev–Trinajstić information content (AvgIpc) is 2.79. The summed E-state index contributed by atoms with van der Waals surface area (Å²) in [7, 11) is 3.72. The Kier molecular flexibility index (Phi) is 8.59. The Labute approximate surface area is 198 Å². The predicted molar refractivity (Wildman–Crippen MR) is 129 cm³/mol. The number of carbonyl (C=O) groups excluding carboxylic acids is 2. The van der Waals surface area contributed by atoms with Crippen LogP contribution >= 0.6 is 0 Å². The number of halogens is 1. The molecule has 178 valence electrons. The highest BCUT2D eigenvalue weighted by Crippen LogP contribution is 2.26. The maximum Gasteiger partial charge on any atom is 0.312 e. The molecule has 8 heteroatoms. The minimum absolute atomic E-state index is 0.0268. The van der Waals surface area contributed by atoms with E-state index >= 15 is 0 Å². The van der Waals surface area contributed by atoms with Gasteiger partial charge in [0, 0.05) is 6.54 Å². The standard InChI is InChI=1S/C26H29FN4O3/c1-31(2)24(19-9-6-10-20(27)14-19)17-29-25(32)16-23(30-26(28)33)18-8-7-13-22(15-18)34-21-11-4-3-5-12-21/h3-15,23-24H,16-17H2,1-2H3,(H,29,32)(H3,28,30,33). The first kappa shape index (κ1) is 24.7. The highest BCUT2D eigenvalue weighted by atomic mass is 19.1. The quantitative estimate of drug-likeness (QED) is 0.420. The number of amides is 3. The minimum Gasteiger partial charge on any atom is -0.457 e. The molecule has 0 aliphatic rings. The highest BCUT2D eigenvalue weighted by molar-refractivity contribution is 5.78. The van der Waals surface area contributed by atoms with Crippen molar-refractivity contribution in [3.63, 3.8) is 0 Å². The Hall–Kier alpha value is -3.91. The first-order valence-corrected chi connectivity index (χ1v) is 10.9. The van der Waals surface area contributed by atoms with E-state index in [-0.39, 0.29) is 30.7 Å². The Bertz CT molecular complexity index is 1110. The third-order valence-corrected chi connectivity index (χ3v) is 5.29. The summed E-state index contributed by atoms with van der Waals surface area (Å²) in [6.45, 7) is 0.274. The molecule has 0 aliphatic heterocycles. The molecule has 0 aromatic heterocycles. The zero-order valence-corrected chi connectivity index (χ0v) is 19.2. The van der Waals surface area contributed by atoms with Crippen molar-refractivity contribution in [1.82, 2.24) is 15.5 Å². The molecule has 0 bridgehead atoms. The molecule has 34 heavy (non-hydrogen) atoms. The van der Waals surface area contributed by atoms with E-state index in [1.807, 2.05) is 55.4 Å². The van der Waals surface area contributed by atoms with Gasteiger partial charge in [-0.1, -0.05) is 42.5 Å². The van der Waals surface area contributed by atoms with Gasteiger partial charge in [0.2, 0.25) is 5.91 Å². The number of ether oxygens (including phenoxy) is 1. The third kappa shape index (κ3) is 7.31. The number of hydrogen-bond donors (Lipinski definition) is 3. The summed E-state index contributed by atoms with van der Waals surface area (Å²) in [5.74, 6) is 0.624. The van der Waals surface area contributed by atoms with Gasteiger partial charge >= 0.3 is 6.03 Å². The number of urea groups is 1. The van der Waals surface area contributed by atoms with Gasteiger partial charge in [0.05, 0.1) is 18.5 Å². The molecule has 7 nitrogen and oxygen atoms in total. The second kappa shape index (κ2) is 11.8. The fourth-order valence-corrected chi connectivity index (χ4v) is 3.62. The number of nitrogens with zero attached hydrogens (tertiary/aromatic N) is 1. The number of nitrogens with one attached hydrogen (secondary N) is 2. The van der Waals surface area contributed by atoms with Gasteiger partial charge in [-0.2, -0.15) is 0 Å². The van der Waals surface area contributed by atoms with Crippen LogP contribution in [0.2, 0.25) is 0 Å². The van der Waals surface area contributed by atoms with Gasteiger partial charge in [0.1, 0.15) is 17.3 Å². The summed E-state index contributed by atoms with van der Waals surface area (Å²) in [5.41, 5.74) is 6.80. The molecule has 4 N–H and O–H groups in total. The number of hydrogen-bond acceptors (Lipinski definition) is 4. The third-order valence-electron chi connectivity index (χ3n) is 5.29. The molecule has 0 aliphatic carbocycles. The van der Waals surface area contributed by atoms with Gasteiger partial charge in [0.15, 0.2) is 0 Å². The lowest BCUT2D eigenvalue weighted by atomic mass is 10.0. The van der Waals surface area contributed by atoms with Crippen LogP contribution in [-0.2, 0) is 4.79 Å². The number of likely N-dealkylation sites (N-methyl/N-ethyl adjacent to an activating group) is 1. The van der Waals surface area contributed by atoms with Crippen LogP contribution in [0.5, 0.6) is 11.5 Å². The summed E-state index contributed by atoms with van der Waals surface area (Å²) >= 11 is 0. The molecule has 3 amide bonds. The lowest BCUT2D eigenvalue weighted by Crippen LogP contribution is -2.39. The van der Waals surface area contributed by atoms with Crippen LogP contribution in [0, 0.1) is 5.82 Å². The smallest absolute Gasteiger partial charge is 0.312 e. The van der Waals surface area contributed by atoms with Crippen LogP contribution in [0.1, 0.15) is 29.6 Å².